The van der Waals surface area contributed by atoms with Crippen molar-refractivity contribution in [1.29, 1.82) is 0 Å². The summed E-state index contributed by atoms with van der Waals surface area (Å²) in [4.78, 5) is 6.81. The van der Waals surface area contributed by atoms with E-state index in [1.165, 1.54) is 0 Å². The van der Waals surface area contributed by atoms with Gasteiger partial charge in [0.25, 0.3) is 0 Å². The summed E-state index contributed by atoms with van der Waals surface area (Å²) in [7, 11) is 1.65. The first-order valence-electron chi connectivity index (χ1n) is 4.71. The maximum Gasteiger partial charge on any atom is 0.246 e. The molecule has 1 heterocycles. The average Bonchev–Trinajstić information content (AvgIpc) is 2.80. The molecule has 1 aliphatic rings. The molecular formula is C10H12N4O. The molecule has 0 aromatic carbocycles. The number of aromatic amines is 1. The normalized spacial score (nSPS) is 20.6. The van der Waals surface area contributed by atoms with Crippen LogP contribution in [0, 0.1) is 0 Å². The summed E-state index contributed by atoms with van der Waals surface area (Å²) in [5.74, 6) is 1.41. The number of H-pyrrole nitrogens is 1. The third-order valence-electron chi connectivity index (χ3n) is 2.06. The van der Waals surface area contributed by atoms with E-state index in [9.17, 15) is 0 Å². The number of rotatable bonds is 3. The standard InChI is InChI=1S/C10H12N4O/c1-15-9-4-2-8(3-5-9)13-14-10-11-6-7-12-10/h2,4-8H,3H2,1H3,(H,11,12)/b14-13-. The maximum absolute atomic E-state index is 5.07. The van der Waals surface area contributed by atoms with Gasteiger partial charge in [-0.3, -0.25) is 0 Å². The quantitative estimate of drug-likeness (QED) is 0.768. The molecule has 0 amide bonds. The first-order chi connectivity index (χ1) is 7.38. The lowest BCUT2D eigenvalue weighted by molar-refractivity contribution is 0.303. The Labute approximate surface area is 87.6 Å². The summed E-state index contributed by atoms with van der Waals surface area (Å²) in [5, 5.41) is 8.12. The van der Waals surface area contributed by atoms with E-state index in [4.69, 9.17) is 4.74 Å². The number of methoxy groups -OCH3 is 1. The minimum Gasteiger partial charge on any atom is -0.497 e. The Kier molecular flexibility index (Phi) is 2.92. The molecule has 1 aromatic heterocycles. The number of nitrogens with zero attached hydrogens (tertiary/aromatic N) is 3. The van der Waals surface area contributed by atoms with Crippen molar-refractivity contribution in [3.8, 4) is 0 Å². The van der Waals surface area contributed by atoms with Crippen molar-refractivity contribution in [3.05, 3.63) is 36.4 Å². The largest absolute Gasteiger partial charge is 0.497 e. The second kappa shape index (κ2) is 4.54. The number of azo groups is 1. The predicted octanol–water partition coefficient (Wildman–Crippen LogP) is 2.35. The molecule has 0 saturated heterocycles. The minimum absolute atomic E-state index is 0.0778. The summed E-state index contributed by atoms with van der Waals surface area (Å²) in [6.45, 7) is 0. The van der Waals surface area contributed by atoms with Gasteiger partial charge in [-0.1, -0.05) is 6.08 Å². The summed E-state index contributed by atoms with van der Waals surface area (Å²) >= 11 is 0. The van der Waals surface area contributed by atoms with Crippen LogP contribution in [0.15, 0.2) is 46.6 Å². The van der Waals surface area contributed by atoms with Crippen LogP contribution in [0.2, 0.25) is 0 Å². The maximum atomic E-state index is 5.07. The molecule has 5 heteroatoms. The van der Waals surface area contributed by atoms with Crippen molar-refractivity contribution in [3.63, 3.8) is 0 Å². The predicted molar refractivity (Wildman–Crippen MR) is 55.7 cm³/mol. The van der Waals surface area contributed by atoms with Gasteiger partial charge in [0.2, 0.25) is 5.95 Å². The van der Waals surface area contributed by atoms with E-state index in [1.807, 2.05) is 18.2 Å². The lowest BCUT2D eigenvalue weighted by atomic mass is 10.1. The van der Waals surface area contributed by atoms with Crippen molar-refractivity contribution in [2.75, 3.05) is 7.11 Å². The third kappa shape index (κ3) is 2.52. The molecule has 78 valence electrons. The fourth-order valence-corrected chi connectivity index (χ4v) is 1.27. The van der Waals surface area contributed by atoms with Gasteiger partial charge in [0, 0.05) is 12.4 Å². The highest BCUT2D eigenvalue weighted by molar-refractivity contribution is 5.20. The lowest BCUT2D eigenvalue weighted by Gasteiger charge is -2.09. The van der Waals surface area contributed by atoms with E-state index in [0.29, 0.717) is 5.95 Å². The van der Waals surface area contributed by atoms with E-state index in [0.717, 1.165) is 12.2 Å². The molecule has 1 atom stereocenters. The van der Waals surface area contributed by atoms with Crippen LogP contribution < -0.4 is 0 Å². The van der Waals surface area contributed by atoms with Crippen LogP contribution in [-0.4, -0.2) is 23.1 Å². The Hall–Kier alpha value is -1.91. The summed E-state index contributed by atoms with van der Waals surface area (Å²) < 4.78 is 5.07. The van der Waals surface area contributed by atoms with Crippen LogP contribution in [0.3, 0.4) is 0 Å². The van der Waals surface area contributed by atoms with E-state index in [2.05, 4.69) is 20.2 Å². The number of allylic oxidation sites excluding steroid dienone is 1. The molecule has 15 heavy (non-hydrogen) atoms. The van der Waals surface area contributed by atoms with E-state index in [1.54, 1.807) is 19.5 Å². The van der Waals surface area contributed by atoms with Gasteiger partial charge in [-0.05, 0) is 18.6 Å². The molecule has 0 bridgehead atoms. The van der Waals surface area contributed by atoms with Gasteiger partial charge in [0.1, 0.15) is 5.76 Å². The van der Waals surface area contributed by atoms with E-state index in [-0.39, 0.29) is 6.04 Å². The monoisotopic (exact) mass is 204 g/mol. The van der Waals surface area contributed by atoms with Gasteiger partial charge in [-0.25, -0.2) is 4.98 Å². The van der Waals surface area contributed by atoms with Crippen molar-refractivity contribution < 1.29 is 4.74 Å². The fourth-order valence-electron chi connectivity index (χ4n) is 1.27. The smallest absolute Gasteiger partial charge is 0.246 e. The Morgan fingerprint density at radius 3 is 3.13 bits per heavy atom. The topological polar surface area (TPSA) is 62.6 Å². The highest BCUT2D eigenvalue weighted by atomic mass is 16.5. The summed E-state index contributed by atoms with van der Waals surface area (Å²) in [6, 6.07) is 0.0778. The highest BCUT2D eigenvalue weighted by Gasteiger charge is 2.07. The van der Waals surface area contributed by atoms with Crippen molar-refractivity contribution in [2.45, 2.75) is 12.5 Å². The van der Waals surface area contributed by atoms with Crippen molar-refractivity contribution in [1.82, 2.24) is 9.97 Å². The van der Waals surface area contributed by atoms with Gasteiger partial charge in [-0.2, -0.15) is 5.11 Å². The second-order valence-corrected chi connectivity index (χ2v) is 3.10. The molecular weight excluding hydrogens is 192 g/mol. The number of hydrogen-bond donors (Lipinski definition) is 1. The molecule has 5 nitrogen and oxygen atoms in total. The molecule has 1 aromatic rings. The van der Waals surface area contributed by atoms with Crippen molar-refractivity contribution >= 4 is 5.95 Å². The first-order valence-corrected chi connectivity index (χ1v) is 4.71. The zero-order chi connectivity index (χ0) is 10.5. The van der Waals surface area contributed by atoms with Crippen LogP contribution >= 0.6 is 0 Å². The summed E-state index contributed by atoms with van der Waals surface area (Å²) in [6.07, 6.45) is 10.0. The molecule has 0 radical (unpaired) electrons. The summed E-state index contributed by atoms with van der Waals surface area (Å²) in [5.41, 5.74) is 0. The van der Waals surface area contributed by atoms with Gasteiger partial charge in [0.05, 0.1) is 13.2 Å². The number of hydrogen-bond acceptors (Lipinski definition) is 4. The van der Waals surface area contributed by atoms with Gasteiger partial charge >= 0.3 is 0 Å². The van der Waals surface area contributed by atoms with Crippen LogP contribution in [0.4, 0.5) is 5.95 Å². The molecule has 0 saturated carbocycles. The number of ether oxygens (including phenoxy) is 1. The number of nitrogens with one attached hydrogen (secondary N) is 1. The lowest BCUT2D eigenvalue weighted by Crippen LogP contribution is -2.02. The van der Waals surface area contributed by atoms with E-state index < -0.39 is 0 Å². The third-order valence-corrected chi connectivity index (χ3v) is 2.06. The minimum atomic E-state index is 0.0778. The molecule has 1 N–H and O–H groups in total. The second-order valence-electron chi connectivity index (χ2n) is 3.10. The van der Waals surface area contributed by atoms with Crippen LogP contribution in [0.1, 0.15) is 6.42 Å². The Morgan fingerprint density at radius 2 is 2.53 bits per heavy atom. The Morgan fingerprint density at radius 1 is 1.60 bits per heavy atom. The number of aromatic nitrogens is 2. The van der Waals surface area contributed by atoms with E-state index >= 15 is 0 Å². The molecule has 0 fully saturated rings. The van der Waals surface area contributed by atoms with Crippen LogP contribution in [-0.2, 0) is 4.74 Å². The zero-order valence-electron chi connectivity index (χ0n) is 8.42. The Balaban J connectivity index is 1.93. The SMILES string of the molecule is COC1=CCC(/N=N\c2ncc[nH]2)C=C1. The average molecular weight is 204 g/mol. The molecule has 1 unspecified atom stereocenters. The molecule has 0 aliphatic heterocycles. The number of imidazole rings is 1. The van der Waals surface area contributed by atoms with Crippen LogP contribution in [0.25, 0.3) is 0 Å². The van der Waals surface area contributed by atoms with Crippen LogP contribution in [0.5, 0.6) is 0 Å². The first kappa shape index (κ1) is 9.64. The van der Waals surface area contributed by atoms with Gasteiger partial charge < -0.3 is 9.72 Å². The molecule has 2 rings (SSSR count). The van der Waals surface area contributed by atoms with Crippen molar-refractivity contribution in [2.24, 2.45) is 10.2 Å². The highest BCUT2D eigenvalue weighted by Crippen LogP contribution is 2.15. The fraction of sp³-hybridized carbons (Fsp3) is 0.300. The molecule has 0 spiro atoms. The Bertz CT molecular complexity index is 392. The molecule has 1 aliphatic carbocycles. The zero-order valence-corrected chi connectivity index (χ0v) is 8.42. The van der Waals surface area contributed by atoms with Gasteiger partial charge in [0.15, 0.2) is 0 Å². The van der Waals surface area contributed by atoms with Gasteiger partial charge in [-0.15, -0.1) is 5.11 Å².